The van der Waals surface area contributed by atoms with Gasteiger partial charge in [0.2, 0.25) is 0 Å². The summed E-state index contributed by atoms with van der Waals surface area (Å²) < 4.78 is 1.74. The number of rotatable bonds is 4. The molecule has 0 fully saturated rings. The normalized spacial score (nSPS) is 10.6. The molecular formula is C12H12ClN3O2. The second-order valence-corrected chi connectivity index (χ2v) is 4.21. The van der Waals surface area contributed by atoms with Crippen LogP contribution in [-0.4, -0.2) is 25.8 Å². The van der Waals surface area contributed by atoms with E-state index in [1.165, 1.54) is 12.4 Å². The molecule has 6 heteroatoms. The Morgan fingerprint density at radius 2 is 2.28 bits per heavy atom. The van der Waals surface area contributed by atoms with E-state index in [1.54, 1.807) is 16.8 Å². The first-order valence-corrected chi connectivity index (χ1v) is 5.92. The van der Waals surface area contributed by atoms with Crippen molar-refractivity contribution >= 4 is 17.6 Å². The Bertz CT molecular complexity index is 580. The molecule has 0 amide bonds. The summed E-state index contributed by atoms with van der Waals surface area (Å²) in [5, 5.41) is 13.4. The van der Waals surface area contributed by atoms with Gasteiger partial charge in [-0.3, -0.25) is 0 Å². The molecule has 1 aromatic carbocycles. The number of aryl methyl sites for hydroxylation is 1. The zero-order valence-electron chi connectivity index (χ0n) is 9.80. The number of aromatic carboxylic acids is 1. The molecule has 0 aliphatic carbocycles. The van der Waals surface area contributed by atoms with Crippen molar-refractivity contribution in [2.45, 2.75) is 19.9 Å². The van der Waals surface area contributed by atoms with Crippen LogP contribution in [0.2, 0.25) is 5.02 Å². The molecule has 0 saturated carbocycles. The number of carbonyl (C=O) groups is 1. The first-order valence-electron chi connectivity index (χ1n) is 5.54. The van der Waals surface area contributed by atoms with Gasteiger partial charge in [0.05, 0.1) is 10.6 Å². The average Bonchev–Trinajstić information content (AvgIpc) is 2.78. The highest BCUT2D eigenvalue weighted by molar-refractivity contribution is 6.33. The van der Waals surface area contributed by atoms with Gasteiger partial charge in [-0.05, 0) is 24.6 Å². The first-order chi connectivity index (χ1) is 8.63. The fourth-order valence-electron chi connectivity index (χ4n) is 1.69. The SMILES string of the molecule is CCCn1ncnc1-c1ccc(Cl)c(C(=O)O)c1. The van der Waals surface area contributed by atoms with Crippen molar-refractivity contribution in [3.05, 3.63) is 35.1 Å². The largest absolute Gasteiger partial charge is 0.478 e. The molecule has 0 radical (unpaired) electrons. The highest BCUT2D eigenvalue weighted by atomic mass is 35.5. The fourth-order valence-corrected chi connectivity index (χ4v) is 1.89. The Balaban J connectivity index is 2.47. The van der Waals surface area contributed by atoms with Crippen LogP contribution in [0, 0.1) is 0 Å². The van der Waals surface area contributed by atoms with E-state index in [-0.39, 0.29) is 10.6 Å². The molecule has 0 aliphatic rings. The minimum absolute atomic E-state index is 0.0696. The molecule has 2 aromatic rings. The molecule has 0 bridgehead atoms. The summed E-state index contributed by atoms with van der Waals surface area (Å²) in [5.74, 6) is -0.403. The van der Waals surface area contributed by atoms with Crippen molar-refractivity contribution in [2.24, 2.45) is 0 Å². The Labute approximate surface area is 109 Å². The van der Waals surface area contributed by atoms with Gasteiger partial charge in [0.1, 0.15) is 6.33 Å². The molecule has 0 aliphatic heterocycles. The fraction of sp³-hybridized carbons (Fsp3) is 0.250. The third-order valence-corrected chi connectivity index (χ3v) is 2.84. The molecule has 1 aromatic heterocycles. The summed E-state index contributed by atoms with van der Waals surface area (Å²) in [6.45, 7) is 2.77. The van der Waals surface area contributed by atoms with Gasteiger partial charge in [-0.1, -0.05) is 18.5 Å². The monoisotopic (exact) mass is 265 g/mol. The predicted octanol–water partition coefficient (Wildman–Crippen LogP) is 2.71. The lowest BCUT2D eigenvalue weighted by Crippen LogP contribution is -2.03. The number of hydrogen-bond acceptors (Lipinski definition) is 3. The topological polar surface area (TPSA) is 68.0 Å². The van der Waals surface area contributed by atoms with Gasteiger partial charge < -0.3 is 5.11 Å². The molecule has 1 N–H and O–H groups in total. The Morgan fingerprint density at radius 1 is 1.50 bits per heavy atom. The number of carboxylic acid groups (broad SMARTS) is 1. The van der Waals surface area contributed by atoms with E-state index in [0.29, 0.717) is 11.4 Å². The summed E-state index contributed by atoms with van der Waals surface area (Å²) in [4.78, 5) is 15.2. The zero-order chi connectivity index (χ0) is 13.1. The molecule has 0 unspecified atom stereocenters. The quantitative estimate of drug-likeness (QED) is 0.923. The molecule has 1 heterocycles. The summed E-state index contributed by atoms with van der Waals surface area (Å²) in [6, 6.07) is 4.82. The number of halogens is 1. The van der Waals surface area contributed by atoms with Crippen molar-refractivity contribution < 1.29 is 9.90 Å². The van der Waals surface area contributed by atoms with Gasteiger partial charge in [-0.2, -0.15) is 5.10 Å². The van der Waals surface area contributed by atoms with E-state index in [0.717, 1.165) is 13.0 Å². The highest BCUT2D eigenvalue weighted by Crippen LogP contribution is 2.24. The van der Waals surface area contributed by atoms with Crippen molar-refractivity contribution in [1.82, 2.24) is 14.8 Å². The van der Waals surface area contributed by atoms with Crippen LogP contribution in [0.25, 0.3) is 11.4 Å². The molecule has 18 heavy (non-hydrogen) atoms. The number of benzene rings is 1. The van der Waals surface area contributed by atoms with E-state index >= 15 is 0 Å². The number of hydrogen-bond donors (Lipinski definition) is 1. The Kier molecular flexibility index (Phi) is 3.62. The minimum Gasteiger partial charge on any atom is -0.478 e. The third-order valence-electron chi connectivity index (χ3n) is 2.51. The lowest BCUT2D eigenvalue weighted by atomic mass is 10.1. The van der Waals surface area contributed by atoms with Crippen LogP contribution < -0.4 is 0 Å². The molecule has 5 nitrogen and oxygen atoms in total. The van der Waals surface area contributed by atoms with Crippen LogP contribution in [0.4, 0.5) is 0 Å². The van der Waals surface area contributed by atoms with E-state index in [2.05, 4.69) is 10.1 Å². The summed E-state index contributed by atoms with van der Waals surface area (Å²) in [7, 11) is 0. The second-order valence-electron chi connectivity index (χ2n) is 3.81. The maximum Gasteiger partial charge on any atom is 0.337 e. The first kappa shape index (κ1) is 12.6. The summed E-state index contributed by atoms with van der Waals surface area (Å²) in [5.41, 5.74) is 0.767. The van der Waals surface area contributed by atoms with Gasteiger partial charge in [-0.15, -0.1) is 0 Å². The van der Waals surface area contributed by atoms with Crippen molar-refractivity contribution in [2.75, 3.05) is 0 Å². The maximum absolute atomic E-state index is 11.0. The maximum atomic E-state index is 11.0. The van der Waals surface area contributed by atoms with Gasteiger partial charge in [-0.25, -0.2) is 14.5 Å². The lowest BCUT2D eigenvalue weighted by molar-refractivity contribution is 0.0697. The van der Waals surface area contributed by atoms with Crippen LogP contribution in [0.1, 0.15) is 23.7 Å². The van der Waals surface area contributed by atoms with Crippen LogP contribution in [0.15, 0.2) is 24.5 Å². The highest BCUT2D eigenvalue weighted by Gasteiger charge is 2.13. The van der Waals surface area contributed by atoms with E-state index in [1.807, 2.05) is 6.92 Å². The van der Waals surface area contributed by atoms with E-state index < -0.39 is 5.97 Å². The van der Waals surface area contributed by atoms with Crippen LogP contribution in [-0.2, 0) is 6.54 Å². The number of carboxylic acids is 1. The summed E-state index contributed by atoms with van der Waals surface area (Å²) in [6.07, 6.45) is 2.38. The van der Waals surface area contributed by atoms with Crippen molar-refractivity contribution in [3.63, 3.8) is 0 Å². The van der Waals surface area contributed by atoms with Gasteiger partial charge in [0, 0.05) is 12.1 Å². The molecule has 0 atom stereocenters. The van der Waals surface area contributed by atoms with Crippen molar-refractivity contribution in [3.8, 4) is 11.4 Å². The molecular weight excluding hydrogens is 254 g/mol. The Morgan fingerprint density at radius 3 is 2.94 bits per heavy atom. The van der Waals surface area contributed by atoms with Crippen LogP contribution >= 0.6 is 11.6 Å². The van der Waals surface area contributed by atoms with E-state index in [4.69, 9.17) is 16.7 Å². The third kappa shape index (κ3) is 2.36. The second kappa shape index (κ2) is 5.18. The molecule has 0 spiro atoms. The lowest BCUT2D eigenvalue weighted by Gasteiger charge is -2.06. The predicted molar refractivity (Wildman–Crippen MR) is 67.7 cm³/mol. The van der Waals surface area contributed by atoms with Gasteiger partial charge >= 0.3 is 5.97 Å². The zero-order valence-corrected chi connectivity index (χ0v) is 10.6. The van der Waals surface area contributed by atoms with Crippen LogP contribution in [0.5, 0.6) is 0 Å². The molecule has 0 saturated heterocycles. The summed E-state index contributed by atoms with van der Waals surface area (Å²) >= 11 is 5.83. The van der Waals surface area contributed by atoms with Crippen LogP contribution in [0.3, 0.4) is 0 Å². The molecule has 94 valence electrons. The Hall–Kier alpha value is -1.88. The molecule has 2 rings (SSSR count). The smallest absolute Gasteiger partial charge is 0.337 e. The van der Waals surface area contributed by atoms with Gasteiger partial charge in [0.15, 0.2) is 5.82 Å². The average molecular weight is 266 g/mol. The minimum atomic E-state index is -1.05. The van der Waals surface area contributed by atoms with Crippen molar-refractivity contribution in [1.29, 1.82) is 0 Å². The van der Waals surface area contributed by atoms with Gasteiger partial charge in [0.25, 0.3) is 0 Å². The number of nitrogens with zero attached hydrogens (tertiary/aromatic N) is 3. The number of aromatic nitrogens is 3. The van der Waals surface area contributed by atoms with E-state index in [9.17, 15) is 4.79 Å². The standard InChI is InChI=1S/C12H12ClN3O2/c1-2-5-16-11(14-7-15-16)8-3-4-10(13)9(6-8)12(17)18/h3-4,6-7H,2,5H2,1H3,(H,17,18).